The van der Waals surface area contributed by atoms with Crippen LogP contribution in [0.25, 0.3) is 0 Å². The summed E-state index contributed by atoms with van der Waals surface area (Å²) in [5.41, 5.74) is 5.69. The zero-order chi connectivity index (χ0) is 12.7. The van der Waals surface area contributed by atoms with Gasteiger partial charge in [-0.1, -0.05) is 11.6 Å². The van der Waals surface area contributed by atoms with E-state index in [9.17, 15) is 4.79 Å². The lowest BCUT2D eigenvalue weighted by Gasteiger charge is -2.30. The molecule has 1 aliphatic heterocycles. The number of nitrogens with zero attached hydrogens (tertiary/aromatic N) is 2. The highest BCUT2D eigenvalue weighted by Crippen LogP contribution is 2.49. The van der Waals surface area contributed by atoms with Gasteiger partial charge >= 0.3 is 0 Å². The number of rotatable bonds is 2. The normalized spacial score (nSPS) is 39.6. The molecule has 5 heteroatoms. The average Bonchev–Trinajstić information content (AvgIpc) is 3.11. The van der Waals surface area contributed by atoms with E-state index in [-0.39, 0.29) is 23.7 Å². The largest absolute Gasteiger partial charge is 0.409 e. The Labute approximate surface area is 107 Å². The maximum atomic E-state index is 12.6. The van der Waals surface area contributed by atoms with Crippen molar-refractivity contribution in [2.75, 3.05) is 6.54 Å². The molecule has 1 amide bonds. The third kappa shape index (κ3) is 1.76. The predicted octanol–water partition coefficient (Wildman–Crippen LogP) is 1.16. The van der Waals surface area contributed by atoms with Crippen LogP contribution in [0.15, 0.2) is 5.16 Å². The zero-order valence-corrected chi connectivity index (χ0v) is 10.6. The summed E-state index contributed by atoms with van der Waals surface area (Å²) < 4.78 is 0. The molecule has 1 heterocycles. The molecule has 0 radical (unpaired) electrons. The van der Waals surface area contributed by atoms with Gasteiger partial charge in [0.25, 0.3) is 0 Å². The van der Waals surface area contributed by atoms with E-state index in [1.54, 1.807) is 0 Å². The molecule has 3 aliphatic rings. The second-order valence-electron chi connectivity index (χ2n) is 6.00. The topological polar surface area (TPSA) is 78.9 Å². The molecule has 3 rings (SSSR count). The van der Waals surface area contributed by atoms with E-state index < -0.39 is 0 Å². The number of oxime groups is 1. The molecule has 1 saturated heterocycles. The van der Waals surface area contributed by atoms with Gasteiger partial charge in [-0.15, -0.1) is 0 Å². The van der Waals surface area contributed by atoms with E-state index in [1.165, 1.54) is 19.3 Å². The highest BCUT2D eigenvalue weighted by Gasteiger charge is 2.46. The summed E-state index contributed by atoms with van der Waals surface area (Å²) in [7, 11) is 0. The van der Waals surface area contributed by atoms with E-state index in [2.05, 4.69) is 5.16 Å². The fourth-order valence-corrected chi connectivity index (χ4v) is 4.16. The number of carbonyl (C=O) groups is 1. The molecule has 18 heavy (non-hydrogen) atoms. The summed E-state index contributed by atoms with van der Waals surface area (Å²) in [6.45, 7) is 0.758. The summed E-state index contributed by atoms with van der Waals surface area (Å²) >= 11 is 0. The van der Waals surface area contributed by atoms with Gasteiger partial charge in [-0.2, -0.15) is 0 Å². The molecule has 0 aromatic heterocycles. The lowest BCUT2D eigenvalue weighted by molar-refractivity contribution is -0.137. The first-order chi connectivity index (χ1) is 8.70. The van der Waals surface area contributed by atoms with Crippen molar-refractivity contribution in [3.8, 4) is 0 Å². The lowest BCUT2D eigenvalue weighted by Crippen LogP contribution is -2.47. The molecule has 100 valence electrons. The van der Waals surface area contributed by atoms with Crippen LogP contribution in [-0.2, 0) is 4.79 Å². The quantitative estimate of drug-likeness (QED) is 0.334. The van der Waals surface area contributed by atoms with E-state index in [1.807, 2.05) is 4.90 Å². The SMILES string of the molecule is NC(=NO)C1CCCN1C(=O)C1CC2CCC1C2. The van der Waals surface area contributed by atoms with Gasteiger partial charge in [0.15, 0.2) is 5.84 Å². The molecule has 0 aromatic rings. The minimum Gasteiger partial charge on any atom is -0.409 e. The summed E-state index contributed by atoms with van der Waals surface area (Å²) in [4.78, 5) is 14.4. The van der Waals surface area contributed by atoms with Crippen molar-refractivity contribution >= 4 is 11.7 Å². The van der Waals surface area contributed by atoms with Crippen LogP contribution in [0, 0.1) is 17.8 Å². The molecule has 2 aliphatic carbocycles. The maximum absolute atomic E-state index is 12.6. The standard InChI is InChI=1S/C13H21N3O2/c14-12(15-18)11-2-1-5-16(11)13(17)10-7-8-3-4-9(10)6-8/h8-11,18H,1-7H2,(H2,14,15). The van der Waals surface area contributed by atoms with Gasteiger partial charge in [0.2, 0.25) is 5.91 Å². The molecular weight excluding hydrogens is 230 g/mol. The van der Waals surface area contributed by atoms with Crippen LogP contribution in [0.4, 0.5) is 0 Å². The number of carbonyl (C=O) groups excluding carboxylic acids is 1. The Kier molecular flexibility index (Phi) is 2.92. The van der Waals surface area contributed by atoms with Crippen molar-refractivity contribution in [1.82, 2.24) is 4.90 Å². The van der Waals surface area contributed by atoms with Crippen LogP contribution < -0.4 is 5.73 Å². The molecule has 0 aromatic carbocycles. The van der Waals surface area contributed by atoms with Gasteiger partial charge in [-0.3, -0.25) is 4.79 Å². The minimum absolute atomic E-state index is 0.179. The van der Waals surface area contributed by atoms with Crippen LogP contribution in [0.1, 0.15) is 38.5 Å². The van der Waals surface area contributed by atoms with Crippen LogP contribution in [0.2, 0.25) is 0 Å². The van der Waals surface area contributed by atoms with Gasteiger partial charge < -0.3 is 15.8 Å². The number of amides is 1. The Balaban J connectivity index is 1.72. The van der Waals surface area contributed by atoms with Crippen molar-refractivity contribution in [3.63, 3.8) is 0 Å². The molecular formula is C13H21N3O2. The number of hydrogen-bond acceptors (Lipinski definition) is 3. The third-order valence-corrected chi connectivity index (χ3v) is 5.05. The number of nitrogens with two attached hydrogens (primary N) is 1. The van der Waals surface area contributed by atoms with Crippen LogP contribution in [0.5, 0.6) is 0 Å². The van der Waals surface area contributed by atoms with Crippen LogP contribution >= 0.6 is 0 Å². The molecule has 3 fully saturated rings. The van der Waals surface area contributed by atoms with Crippen molar-refractivity contribution in [2.24, 2.45) is 28.6 Å². The fourth-order valence-electron chi connectivity index (χ4n) is 4.16. The number of likely N-dealkylation sites (tertiary alicyclic amines) is 1. The summed E-state index contributed by atoms with van der Waals surface area (Å²) in [5.74, 6) is 2.00. The highest BCUT2D eigenvalue weighted by atomic mass is 16.4. The first kappa shape index (κ1) is 11.8. The molecule has 4 atom stereocenters. The Bertz CT molecular complexity index is 382. The van der Waals surface area contributed by atoms with Gasteiger partial charge in [-0.25, -0.2) is 0 Å². The van der Waals surface area contributed by atoms with Crippen molar-refractivity contribution in [2.45, 2.75) is 44.6 Å². The molecule has 5 nitrogen and oxygen atoms in total. The van der Waals surface area contributed by atoms with Gasteiger partial charge in [0, 0.05) is 12.5 Å². The fraction of sp³-hybridized carbons (Fsp3) is 0.846. The number of hydrogen-bond donors (Lipinski definition) is 2. The van der Waals surface area contributed by atoms with Gasteiger partial charge in [-0.05, 0) is 43.9 Å². The molecule has 3 N–H and O–H groups in total. The van der Waals surface area contributed by atoms with E-state index in [0.717, 1.165) is 31.7 Å². The lowest BCUT2D eigenvalue weighted by atomic mass is 9.87. The average molecular weight is 251 g/mol. The smallest absolute Gasteiger partial charge is 0.226 e. The monoisotopic (exact) mass is 251 g/mol. The van der Waals surface area contributed by atoms with Crippen LogP contribution in [0.3, 0.4) is 0 Å². The van der Waals surface area contributed by atoms with E-state index >= 15 is 0 Å². The minimum atomic E-state index is -0.179. The van der Waals surface area contributed by atoms with E-state index in [0.29, 0.717) is 5.92 Å². The van der Waals surface area contributed by atoms with Crippen molar-refractivity contribution in [1.29, 1.82) is 0 Å². The summed E-state index contributed by atoms with van der Waals surface area (Å²) in [5, 5.41) is 11.9. The molecule has 2 saturated carbocycles. The zero-order valence-electron chi connectivity index (χ0n) is 10.6. The van der Waals surface area contributed by atoms with Crippen LogP contribution in [-0.4, -0.2) is 34.4 Å². The number of fused-ring (bicyclic) bond motifs is 2. The Morgan fingerprint density at radius 3 is 2.72 bits per heavy atom. The Hall–Kier alpha value is -1.26. The molecule has 2 bridgehead atoms. The number of amidine groups is 1. The van der Waals surface area contributed by atoms with Crippen molar-refractivity contribution < 1.29 is 10.0 Å². The van der Waals surface area contributed by atoms with Gasteiger partial charge in [0.05, 0.1) is 6.04 Å². The van der Waals surface area contributed by atoms with Crippen molar-refractivity contribution in [3.05, 3.63) is 0 Å². The summed E-state index contributed by atoms with van der Waals surface area (Å²) in [6.07, 6.45) is 6.58. The molecule has 4 unspecified atom stereocenters. The maximum Gasteiger partial charge on any atom is 0.226 e. The first-order valence-corrected chi connectivity index (χ1v) is 6.98. The Morgan fingerprint density at radius 2 is 2.11 bits per heavy atom. The third-order valence-electron chi connectivity index (χ3n) is 5.05. The predicted molar refractivity (Wildman–Crippen MR) is 67.1 cm³/mol. The second kappa shape index (κ2) is 4.44. The molecule has 0 spiro atoms. The van der Waals surface area contributed by atoms with Gasteiger partial charge in [0.1, 0.15) is 0 Å². The second-order valence-corrected chi connectivity index (χ2v) is 6.00. The highest BCUT2D eigenvalue weighted by molar-refractivity contribution is 5.91. The first-order valence-electron chi connectivity index (χ1n) is 6.98. The Morgan fingerprint density at radius 1 is 1.28 bits per heavy atom. The summed E-state index contributed by atoms with van der Waals surface area (Å²) in [6, 6.07) is -0.179. The van der Waals surface area contributed by atoms with E-state index in [4.69, 9.17) is 10.9 Å².